The molecule has 1 unspecified atom stereocenters. The molecule has 4 heterocycles. The summed E-state index contributed by atoms with van der Waals surface area (Å²) >= 11 is 0. The molecule has 1 atom stereocenters. The minimum absolute atomic E-state index is 0.286. The van der Waals surface area contributed by atoms with Crippen LogP contribution in [-0.2, 0) is 20.0 Å². The first kappa shape index (κ1) is 20.2. The fourth-order valence-electron chi connectivity index (χ4n) is 4.42. The highest BCUT2D eigenvalue weighted by Gasteiger charge is 2.25. The fourth-order valence-corrected chi connectivity index (χ4v) is 4.42. The van der Waals surface area contributed by atoms with Gasteiger partial charge in [0, 0.05) is 59.7 Å². The minimum Gasteiger partial charge on any atom is -0.482 e. The number of hydrogen-bond acceptors (Lipinski definition) is 5. The summed E-state index contributed by atoms with van der Waals surface area (Å²) in [5.74, 6) is 0.416. The van der Waals surface area contributed by atoms with E-state index in [4.69, 9.17) is 15.6 Å². The first-order chi connectivity index (χ1) is 15.4. The van der Waals surface area contributed by atoms with E-state index in [-0.39, 0.29) is 11.6 Å². The number of pyridine rings is 1. The van der Waals surface area contributed by atoms with Crippen LogP contribution in [0.15, 0.2) is 36.7 Å². The van der Waals surface area contributed by atoms with Crippen LogP contribution in [0.3, 0.4) is 0 Å². The Morgan fingerprint density at radius 3 is 2.84 bits per heavy atom. The first-order valence-corrected chi connectivity index (χ1v) is 10.7. The number of fused-ring (bicyclic) bond motifs is 7. The molecule has 3 aromatic heterocycles. The van der Waals surface area contributed by atoms with Crippen molar-refractivity contribution in [1.29, 1.82) is 0 Å². The van der Waals surface area contributed by atoms with Crippen LogP contribution in [-0.4, -0.2) is 24.5 Å². The Morgan fingerprint density at radius 2 is 2.06 bits per heavy atom. The number of aromatic nitrogens is 5. The van der Waals surface area contributed by atoms with Crippen molar-refractivity contribution in [1.82, 2.24) is 24.5 Å². The van der Waals surface area contributed by atoms with E-state index >= 15 is 0 Å². The Balaban J connectivity index is 1.84. The third-order valence-corrected chi connectivity index (χ3v) is 6.21. The molecule has 0 radical (unpaired) electrons. The lowest BCUT2D eigenvalue weighted by Gasteiger charge is -2.21. The number of nitrogens with two attached hydrogens (primary N) is 1. The minimum atomic E-state index is -0.467. The summed E-state index contributed by atoms with van der Waals surface area (Å²) in [6, 6.07) is 6.63. The molecule has 7 nitrogen and oxygen atoms in total. The maximum absolute atomic E-state index is 14.3. The molecule has 0 spiro atoms. The second-order valence-electron chi connectivity index (χ2n) is 8.15. The average molecular weight is 433 g/mol. The molecule has 32 heavy (non-hydrogen) atoms. The van der Waals surface area contributed by atoms with Gasteiger partial charge in [0.2, 0.25) is 0 Å². The maximum Gasteiger partial charge on any atom is 0.166 e. The van der Waals surface area contributed by atoms with Gasteiger partial charge < -0.3 is 10.5 Å². The van der Waals surface area contributed by atoms with Gasteiger partial charge in [-0.05, 0) is 45.0 Å². The summed E-state index contributed by atoms with van der Waals surface area (Å²) in [6.45, 7) is 6.70. The summed E-state index contributed by atoms with van der Waals surface area (Å²) in [7, 11) is 1.92. The fraction of sp³-hybridized carbons (Fsp3) is 0.292. The summed E-state index contributed by atoms with van der Waals surface area (Å²) in [5.41, 5.74) is 13.5. The zero-order chi connectivity index (χ0) is 22.6. The maximum atomic E-state index is 14.3. The molecule has 1 aliphatic rings. The number of halogens is 1. The topological polar surface area (TPSA) is 83.8 Å². The van der Waals surface area contributed by atoms with Crippen molar-refractivity contribution < 1.29 is 9.13 Å². The third kappa shape index (κ3) is 3.14. The quantitative estimate of drug-likeness (QED) is 0.481. The zero-order valence-electron chi connectivity index (χ0n) is 18.6. The molecule has 0 saturated heterocycles. The Labute approximate surface area is 185 Å². The molecule has 1 aromatic carbocycles. The van der Waals surface area contributed by atoms with Crippen LogP contribution < -0.4 is 10.5 Å². The number of anilines is 1. The zero-order valence-corrected chi connectivity index (χ0v) is 18.6. The smallest absolute Gasteiger partial charge is 0.166 e. The van der Waals surface area contributed by atoms with Crippen LogP contribution in [0.4, 0.5) is 10.2 Å². The lowest BCUT2D eigenvalue weighted by atomic mass is 9.93. The van der Waals surface area contributed by atoms with Gasteiger partial charge in [0.1, 0.15) is 11.9 Å². The van der Waals surface area contributed by atoms with Crippen LogP contribution in [0.2, 0.25) is 0 Å². The standard InChI is InChI=1S/C24H25FN6O/c1-5-31-23-15(12-28-31)8-19-13(2)30(4)29-22(19)18-7-6-17(25)10-20(18)14(3)32-21-9-16(23)11-27-24(21)26/h6-7,9-12,14H,5,8H2,1-4H3,(H2,26,27). The Kier molecular flexibility index (Phi) is 4.73. The van der Waals surface area contributed by atoms with Gasteiger partial charge in [-0.15, -0.1) is 0 Å². The molecular formula is C24H25FN6O. The summed E-state index contributed by atoms with van der Waals surface area (Å²) in [5, 5.41) is 9.41. The second kappa shape index (κ2) is 7.47. The lowest BCUT2D eigenvalue weighted by molar-refractivity contribution is 0.227. The van der Waals surface area contributed by atoms with Gasteiger partial charge in [-0.25, -0.2) is 9.37 Å². The van der Waals surface area contributed by atoms with E-state index < -0.39 is 6.10 Å². The molecular weight excluding hydrogens is 407 g/mol. The highest BCUT2D eigenvalue weighted by atomic mass is 19.1. The highest BCUT2D eigenvalue weighted by molar-refractivity contribution is 5.72. The van der Waals surface area contributed by atoms with Crippen LogP contribution in [0.25, 0.3) is 22.5 Å². The van der Waals surface area contributed by atoms with Crippen molar-refractivity contribution in [3.05, 3.63) is 64.9 Å². The molecule has 0 aliphatic carbocycles. The van der Waals surface area contributed by atoms with Gasteiger partial charge in [0.05, 0.1) is 17.6 Å². The molecule has 2 bridgehead atoms. The monoisotopic (exact) mass is 432 g/mol. The van der Waals surface area contributed by atoms with Crippen molar-refractivity contribution in [2.45, 2.75) is 39.8 Å². The average Bonchev–Trinajstić information content (AvgIpc) is 3.30. The van der Waals surface area contributed by atoms with Crippen molar-refractivity contribution in [3.63, 3.8) is 0 Å². The van der Waals surface area contributed by atoms with E-state index in [0.717, 1.165) is 39.3 Å². The van der Waals surface area contributed by atoms with Crippen molar-refractivity contribution in [2.24, 2.45) is 7.05 Å². The first-order valence-electron chi connectivity index (χ1n) is 10.7. The molecule has 2 N–H and O–H groups in total. The van der Waals surface area contributed by atoms with Gasteiger partial charge in [-0.1, -0.05) is 0 Å². The van der Waals surface area contributed by atoms with Crippen LogP contribution >= 0.6 is 0 Å². The van der Waals surface area contributed by atoms with Crippen molar-refractivity contribution >= 4 is 5.82 Å². The Hall–Kier alpha value is -3.68. The lowest BCUT2D eigenvalue weighted by Crippen LogP contribution is -2.10. The van der Waals surface area contributed by atoms with Crippen LogP contribution in [0, 0.1) is 12.7 Å². The SMILES string of the molecule is CCn1ncc2c1-c1cnc(N)c(c1)OC(C)c1cc(F)ccc1-c1nn(C)c(C)c1C2. The van der Waals surface area contributed by atoms with Gasteiger partial charge in [0.15, 0.2) is 11.6 Å². The summed E-state index contributed by atoms with van der Waals surface area (Å²) in [4.78, 5) is 4.38. The third-order valence-electron chi connectivity index (χ3n) is 6.21. The molecule has 0 amide bonds. The van der Waals surface area contributed by atoms with E-state index in [1.165, 1.54) is 12.1 Å². The number of nitrogen functional groups attached to an aromatic ring is 1. The normalized spacial score (nSPS) is 15.1. The van der Waals surface area contributed by atoms with Crippen LogP contribution in [0.5, 0.6) is 5.75 Å². The van der Waals surface area contributed by atoms with E-state index in [1.54, 1.807) is 12.3 Å². The number of aryl methyl sites for hydroxylation is 2. The highest BCUT2D eigenvalue weighted by Crippen LogP contribution is 2.39. The van der Waals surface area contributed by atoms with E-state index in [1.807, 2.05) is 42.5 Å². The predicted octanol–water partition coefficient (Wildman–Crippen LogP) is 4.44. The number of hydrogen-bond donors (Lipinski definition) is 1. The number of ether oxygens (including phenoxy) is 1. The Bertz CT molecular complexity index is 1340. The van der Waals surface area contributed by atoms with Crippen LogP contribution in [0.1, 0.15) is 42.3 Å². The van der Waals surface area contributed by atoms with E-state index in [9.17, 15) is 4.39 Å². The summed E-state index contributed by atoms with van der Waals surface area (Å²) in [6.07, 6.45) is 3.81. The molecule has 4 aromatic rings. The molecule has 164 valence electrons. The summed E-state index contributed by atoms with van der Waals surface area (Å²) < 4.78 is 24.4. The number of rotatable bonds is 1. The van der Waals surface area contributed by atoms with Crippen molar-refractivity contribution in [3.8, 4) is 28.3 Å². The molecule has 8 heteroatoms. The van der Waals surface area contributed by atoms with Gasteiger partial charge in [-0.3, -0.25) is 9.36 Å². The second-order valence-corrected chi connectivity index (χ2v) is 8.15. The number of nitrogens with zero attached hydrogens (tertiary/aromatic N) is 5. The molecule has 1 aliphatic heterocycles. The predicted molar refractivity (Wildman–Crippen MR) is 121 cm³/mol. The van der Waals surface area contributed by atoms with Gasteiger partial charge in [0.25, 0.3) is 0 Å². The van der Waals surface area contributed by atoms with Gasteiger partial charge >= 0.3 is 0 Å². The van der Waals surface area contributed by atoms with E-state index in [2.05, 4.69) is 17.0 Å². The Morgan fingerprint density at radius 1 is 1.25 bits per heavy atom. The van der Waals surface area contributed by atoms with Crippen molar-refractivity contribution in [2.75, 3.05) is 5.73 Å². The van der Waals surface area contributed by atoms with Gasteiger partial charge in [-0.2, -0.15) is 10.2 Å². The molecule has 0 fully saturated rings. The molecule has 0 saturated carbocycles. The largest absolute Gasteiger partial charge is 0.482 e. The molecule has 5 rings (SSSR count). The van der Waals surface area contributed by atoms with E-state index in [0.29, 0.717) is 24.3 Å². The number of benzene rings is 1.